The number of hydrogen-bond acceptors (Lipinski definition) is 4. The molecular weight excluding hydrogens is 444 g/mol. The first-order valence-corrected chi connectivity index (χ1v) is 9.54. The highest BCUT2D eigenvalue weighted by atomic mass is 35.5. The molecule has 3 atom stereocenters. The van der Waals surface area contributed by atoms with Crippen LogP contribution in [-0.4, -0.2) is 34.5 Å². The Morgan fingerprint density at radius 3 is 2.75 bits per heavy atom. The number of piperidine rings is 1. The second-order valence-electron chi connectivity index (χ2n) is 6.91. The van der Waals surface area contributed by atoms with Crippen LogP contribution in [0.3, 0.4) is 0 Å². The Morgan fingerprint density at radius 1 is 1.31 bits per heavy atom. The number of nitrogens with zero attached hydrogens (tertiary/aromatic N) is 1. The van der Waals surface area contributed by atoms with Crippen LogP contribution in [0.25, 0.3) is 0 Å². The van der Waals surface area contributed by atoms with Crippen molar-refractivity contribution in [1.82, 2.24) is 15.5 Å². The first kappa shape index (κ1) is 15.5. The molecule has 0 spiro atoms. The van der Waals surface area contributed by atoms with Crippen LogP contribution in [-0.2, 0) is 33.4 Å². The van der Waals surface area contributed by atoms with Crippen molar-refractivity contribution in [1.29, 1.82) is 0 Å². The number of nitrogens with one attached hydrogen (secondary N) is 2. The van der Waals surface area contributed by atoms with E-state index < -0.39 is 67.0 Å². The van der Waals surface area contributed by atoms with Gasteiger partial charge in [-0.3, -0.25) is 24.5 Å². The summed E-state index contributed by atoms with van der Waals surface area (Å²) in [7, 11) is 0. The lowest BCUT2D eigenvalue weighted by Crippen LogP contribution is -2.52. The summed E-state index contributed by atoms with van der Waals surface area (Å²) < 4.78 is 77.7. The lowest BCUT2D eigenvalue weighted by Gasteiger charge is -2.29. The molecule has 0 aromatic heterocycles. The van der Waals surface area contributed by atoms with Gasteiger partial charge in [-0.15, -0.1) is 0 Å². The largest absolute Gasteiger partial charge is 0.349 e. The molecule has 2 aromatic rings. The van der Waals surface area contributed by atoms with Crippen LogP contribution in [0.5, 0.6) is 0 Å². The maximum Gasteiger partial charge on any atom is 0.349 e. The lowest BCUT2D eigenvalue weighted by atomic mass is 10.0. The Bertz CT molecular complexity index is 1370. The van der Waals surface area contributed by atoms with Gasteiger partial charge in [-0.2, -0.15) is 8.78 Å². The van der Waals surface area contributed by atoms with Crippen LogP contribution in [0.4, 0.5) is 8.78 Å². The SMILES string of the molecule is [2H]C(c1ccc2c(c1)CN(C1([2H])C(=O)NC(=O)C([2H])([2H])C1[2H])C2=O)N([2H])C(=O)C(F)(F)c1ccc(Cl)cc1. The Morgan fingerprint density at radius 2 is 2.03 bits per heavy atom. The summed E-state index contributed by atoms with van der Waals surface area (Å²) in [5.74, 6) is -9.87. The van der Waals surface area contributed by atoms with Crippen molar-refractivity contribution in [3.8, 4) is 0 Å². The van der Waals surface area contributed by atoms with Crippen molar-refractivity contribution >= 4 is 35.2 Å². The molecule has 2 aliphatic rings. The van der Waals surface area contributed by atoms with E-state index in [9.17, 15) is 28.0 Å². The van der Waals surface area contributed by atoms with Gasteiger partial charge in [0, 0.05) is 39.7 Å². The lowest BCUT2D eigenvalue weighted by molar-refractivity contribution is -0.147. The van der Waals surface area contributed by atoms with Crippen LogP contribution in [0, 0.1) is 0 Å². The zero-order valence-electron chi connectivity index (χ0n) is 22.1. The summed E-state index contributed by atoms with van der Waals surface area (Å²) in [6.45, 7) is -2.48. The van der Waals surface area contributed by atoms with Crippen LogP contribution in [0.2, 0.25) is 6.43 Å². The van der Waals surface area contributed by atoms with E-state index >= 15 is 0 Å². The average Bonchev–Trinajstić information content (AvgIpc) is 3.21. The molecule has 1 fully saturated rings. The third-order valence-electron chi connectivity index (χ3n) is 4.83. The zero-order chi connectivity index (χ0) is 28.4. The first-order valence-electron chi connectivity index (χ1n) is 12.3. The van der Waals surface area contributed by atoms with Gasteiger partial charge in [-0.25, -0.2) is 0 Å². The third kappa shape index (κ3) is 4.08. The summed E-state index contributed by atoms with van der Waals surface area (Å²) in [5.41, 5.74) is -0.881. The predicted octanol–water partition coefficient (Wildman–Crippen LogP) is 2.51. The molecule has 4 amide bonds. The van der Waals surface area contributed by atoms with E-state index in [0.29, 0.717) is 4.90 Å². The number of carbonyl (C=O) groups is 4. The third-order valence-corrected chi connectivity index (χ3v) is 5.08. The number of carbonyl (C=O) groups excluding carboxylic acids is 4. The van der Waals surface area contributed by atoms with Gasteiger partial charge >= 0.3 is 5.92 Å². The highest BCUT2D eigenvalue weighted by Crippen LogP contribution is 2.30. The smallest absolute Gasteiger partial charge is 0.346 e. The van der Waals surface area contributed by atoms with E-state index in [-0.39, 0.29) is 27.0 Å². The normalized spacial score (nSPS) is 28.3. The van der Waals surface area contributed by atoms with Crippen molar-refractivity contribution < 1.29 is 36.2 Å². The molecule has 4 rings (SSSR count). The molecule has 2 N–H and O–H groups in total. The first-order chi connectivity index (χ1) is 17.5. The Labute approximate surface area is 195 Å². The topological polar surface area (TPSA) is 95.6 Å². The Balaban J connectivity index is 1.60. The van der Waals surface area contributed by atoms with Crippen molar-refractivity contribution in [2.24, 2.45) is 0 Å². The van der Waals surface area contributed by atoms with Gasteiger partial charge in [0.05, 0.1) is 2.74 Å². The molecule has 3 unspecified atom stereocenters. The quantitative estimate of drug-likeness (QED) is 0.660. The second kappa shape index (κ2) is 8.31. The highest BCUT2D eigenvalue weighted by molar-refractivity contribution is 6.30. The number of fused-ring (bicyclic) bond motifs is 1. The van der Waals surface area contributed by atoms with Crippen LogP contribution < -0.4 is 10.6 Å². The molecule has 32 heavy (non-hydrogen) atoms. The number of alkyl halides is 2. The van der Waals surface area contributed by atoms with Gasteiger partial charge < -0.3 is 10.2 Å². The fraction of sp³-hybridized carbons (Fsp3) is 0.273. The molecular formula is C22H18ClF2N3O4. The van der Waals surface area contributed by atoms with Gasteiger partial charge in [0.2, 0.25) is 11.8 Å². The van der Waals surface area contributed by atoms with E-state index in [1.807, 2.05) is 0 Å². The summed E-state index contributed by atoms with van der Waals surface area (Å²) in [5, 5.41) is 1.59. The molecule has 2 heterocycles. The molecule has 10 heteroatoms. The van der Waals surface area contributed by atoms with Gasteiger partial charge in [0.15, 0.2) is 1.41 Å². The Hall–Kier alpha value is -3.33. The summed E-state index contributed by atoms with van der Waals surface area (Å²) >= 11 is 5.68. The standard InChI is InChI=1S/C22H18ClF2N3O4/c23-15-4-2-14(3-5-15)22(24,25)21(32)26-10-12-1-6-16-13(9-12)11-28(20(16)31)17-7-8-18(29)27-19(17)30/h1-6,9,17H,7-8,10-11H2,(H,26,32)(H,27,29,30)/i7D,8D2,10D,17D/hD. The molecule has 0 aliphatic carbocycles. The number of benzene rings is 2. The minimum atomic E-state index is -4.15. The molecule has 0 bridgehead atoms. The fourth-order valence-electron chi connectivity index (χ4n) is 3.22. The number of halogens is 3. The van der Waals surface area contributed by atoms with E-state index in [0.717, 1.165) is 42.5 Å². The molecule has 0 radical (unpaired) electrons. The number of rotatable bonds is 5. The van der Waals surface area contributed by atoms with Crippen LogP contribution in [0.1, 0.15) is 46.7 Å². The summed E-state index contributed by atoms with van der Waals surface area (Å²) in [6, 6.07) is 4.71. The molecule has 1 saturated heterocycles. The predicted molar refractivity (Wildman–Crippen MR) is 110 cm³/mol. The van der Waals surface area contributed by atoms with E-state index in [1.54, 1.807) is 5.32 Å². The minimum Gasteiger partial charge on any atom is -0.346 e. The van der Waals surface area contributed by atoms with Crippen LogP contribution in [0.15, 0.2) is 42.5 Å². The van der Waals surface area contributed by atoms with Crippen molar-refractivity contribution in [3.63, 3.8) is 0 Å². The van der Waals surface area contributed by atoms with Crippen molar-refractivity contribution in [3.05, 3.63) is 69.7 Å². The molecule has 7 nitrogen and oxygen atoms in total. The van der Waals surface area contributed by atoms with Gasteiger partial charge in [-0.05, 0) is 35.7 Å². The molecule has 166 valence electrons. The maximum absolute atomic E-state index is 14.7. The summed E-state index contributed by atoms with van der Waals surface area (Å²) in [6.07, 6.45) is -5.27. The maximum atomic E-state index is 14.7. The van der Waals surface area contributed by atoms with E-state index in [1.165, 1.54) is 0 Å². The van der Waals surface area contributed by atoms with Crippen molar-refractivity contribution in [2.75, 3.05) is 0 Å². The minimum absolute atomic E-state index is 0.0825. The zero-order valence-corrected chi connectivity index (χ0v) is 16.8. The number of imide groups is 1. The second-order valence-corrected chi connectivity index (χ2v) is 7.35. The van der Waals surface area contributed by atoms with Gasteiger partial charge in [0.25, 0.3) is 11.8 Å². The van der Waals surface area contributed by atoms with E-state index in [4.69, 9.17) is 19.9 Å². The van der Waals surface area contributed by atoms with Crippen LogP contribution >= 0.6 is 11.6 Å². The van der Waals surface area contributed by atoms with Crippen molar-refractivity contribution in [2.45, 2.75) is 37.8 Å². The molecule has 2 aliphatic heterocycles. The highest BCUT2D eigenvalue weighted by Gasteiger charge is 2.41. The Kier molecular flexibility index (Phi) is 4.02. The fourth-order valence-corrected chi connectivity index (χ4v) is 3.34. The summed E-state index contributed by atoms with van der Waals surface area (Å²) in [4.78, 5) is 50.3. The van der Waals surface area contributed by atoms with E-state index in [2.05, 4.69) is 0 Å². The van der Waals surface area contributed by atoms with Gasteiger partial charge in [-0.1, -0.05) is 35.9 Å². The van der Waals surface area contributed by atoms with Gasteiger partial charge in [0.1, 0.15) is 6.02 Å². The number of hydrogen-bond donors (Lipinski definition) is 2. The molecule has 2 aromatic carbocycles. The number of amides is 4. The monoisotopic (exact) mass is 467 g/mol. The average molecular weight is 468 g/mol. The molecule has 0 saturated carbocycles.